The summed E-state index contributed by atoms with van der Waals surface area (Å²) in [4.78, 5) is 2.47. The minimum Gasteiger partial charge on any atom is -0.394 e. The van der Waals surface area contributed by atoms with Crippen LogP contribution in [0.2, 0.25) is 0 Å². The lowest BCUT2D eigenvalue weighted by atomic mass is 10.0. The van der Waals surface area contributed by atoms with E-state index in [2.05, 4.69) is 10.8 Å². The van der Waals surface area contributed by atoms with Crippen LogP contribution in [0.1, 0.15) is 18.9 Å². The molecule has 142 valence electrons. The fourth-order valence-electron chi connectivity index (χ4n) is 2.62. The molecule has 1 heterocycles. The molecule has 1 aromatic carbocycles. The minimum atomic E-state index is -1.16. The number of aliphatic hydroxyl groups is 3. The Bertz CT molecular complexity index is 672. The van der Waals surface area contributed by atoms with Gasteiger partial charge < -0.3 is 25.0 Å². The number of ether oxygens (including phenoxy) is 1. The molecule has 0 aliphatic carbocycles. The highest BCUT2D eigenvalue weighted by molar-refractivity contribution is 8.01. The molecule has 2 rings (SSSR count). The Morgan fingerprint density at radius 1 is 1.35 bits per heavy atom. The third kappa shape index (κ3) is 4.98. The molecule has 1 aliphatic heterocycles. The second-order valence-corrected chi connectivity index (χ2v) is 7.23. The first-order chi connectivity index (χ1) is 12.4. The van der Waals surface area contributed by atoms with Crippen LogP contribution < -0.4 is 9.62 Å². The molecule has 1 aromatic rings. The van der Waals surface area contributed by atoms with Crippen LogP contribution in [0.15, 0.2) is 29.2 Å². The molecule has 3 unspecified atom stereocenters. The Kier molecular flexibility index (Phi) is 7.46. The van der Waals surface area contributed by atoms with Crippen molar-refractivity contribution < 1.29 is 20.1 Å². The van der Waals surface area contributed by atoms with Gasteiger partial charge in [-0.25, -0.2) is 0 Å². The molecule has 7 nitrogen and oxygen atoms in total. The fraction of sp³-hybridized carbons (Fsp3) is 0.500. The van der Waals surface area contributed by atoms with Crippen LogP contribution in [0.25, 0.3) is 5.57 Å². The van der Waals surface area contributed by atoms with E-state index < -0.39 is 24.5 Å². The number of benzene rings is 1. The number of nitrogens with one attached hydrogen (secondary N) is 1. The summed E-state index contributed by atoms with van der Waals surface area (Å²) in [7, 11) is 3.93. The van der Waals surface area contributed by atoms with E-state index in [1.807, 2.05) is 50.2 Å². The minimum absolute atomic E-state index is 0.217. The maximum atomic E-state index is 9.99. The Labute approximate surface area is 158 Å². The normalized spacial score (nSPS) is 26.8. The van der Waals surface area contributed by atoms with Gasteiger partial charge >= 0.3 is 0 Å². The zero-order valence-electron chi connectivity index (χ0n) is 15.1. The van der Waals surface area contributed by atoms with Gasteiger partial charge in [-0.15, -0.1) is 0 Å². The van der Waals surface area contributed by atoms with Crippen LogP contribution in [0.3, 0.4) is 0 Å². The summed E-state index contributed by atoms with van der Waals surface area (Å²) in [5, 5.41) is 38.5. The van der Waals surface area contributed by atoms with E-state index in [0.29, 0.717) is 4.91 Å². The van der Waals surface area contributed by atoms with Gasteiger partial charge in [-0.3, -0.25) is 4.72 Å². The van der Waals surface area contributed by atoms with Gasteiger partial charge in [0.25, 0.3) is 0 Å². The Morgan fingerprint density at radius 2 is 2.00 bits per heavy atom. The summed E-state index contributed by atoms with van der Waals surface area (Å²) < 4.78 is 8.17. The number of anilines is 1. The van der Waals surface area contributed by atoms with Gasteiger partial charge in [-0.05, 0) is 48.6 Å². The molecule has 0 spiro atoms. The van der Waals surface area contributed by atoms with Crippen molar-refractivity contribution in [1.82, 2.24) is 4.72 Å². The van der Waals surface area contributed by atoms with Gasteiger partial charge in [-0.1, -0.05) is 12.1 Å². The van der Waals surface area contributed by atoms with Gasteiger partial charge in [0.1, 0.15) is 17.1 Å². The van der Waals surface area contributed by atoms with Gasteiger partial charge in [0.05, 0.1) is 18.8 Å². The van der Waals surface area contributed by atoms with E-state index in [1.54, 1.807) is 0 Å². The van der Waals surface area contributed by atoms with E-state index in [9.17, 15) is 15.5 Å². The molecule has 26 heavy (non-hydrogen) atoms. The number of hydrogen-bond acceptors (Lipinski definition) is 8. The molecular formula is C18H25N3O4S. The number of nitriles is 1. The maximum absolute atomic E-state index is 9.99. The topological polar surface area (TPSA) is 109 Å². The average molecular weight is 379 g/mol. The Morgan fingerprint density at radius 3 is 2.54 bits per heavy atom. The summed E-state index contributed by atoms with van der Waals surface area (Å²) in [6.45, 7) is 1.51. The largest absolute Gasteiger partial charge is 0.394 e. The average Bonchev–Trinajstić information content (AvgIpc) is 2.64. The third-order valence-electron chi connectivity index (χ3n) is 4.33. The van der Waals surface area contributed by atoms with Crippen molar-refractivity contribution in [2.75, 3.05) is 25.6 Å². The summed E-state index contributed by atoms with van der Waals surface area (Å²) >= 11 is 1.10. The van der Waals surface area contributed by atoms with Crippen LogP contribution in [0.4, 0.5) is 5.69 Å². The molecule has 1 saturated heterocycles. The van der Waals surface area contributed by atoms with Gasteiger partial charge in [0.15, 0.2) is 6.29 Å². The fourth-order valence-corrected chi connectivity index (χ4v) is 3.42. The quantitative estimate of drug-likeness (QED) is 0.429. The molecule has 1 fully saturated rings. The first-order valence-corrected chi connectivity index (χ1v) is 9.12. The highest BCUT2D eigenvalue weighted by Gasteiger charge is 2.36. The molecule has 0 saturated carbocycles. The van der Waals surface area contributed by atoms with Crippen LogP contribution >= 0.6 is 11.9 Å². The van der Waals surface area contributed by atoms with E-state index in [4.69, 9.17) is 9.84 Å². The SMILES string of the molecule is C/C(=C(/C#N)SNC1CC(O)[C@@H](CO)OC1O)c1ccc(N(C)C)cc1. The smallest absolute Gasteiger partial charge is 0.171 e. The van der Waals surface area contributed by atoms with Gasteiger partial charge in [-0.2, -0.15) is 5.26 Å². The van der Waals surface area contributed by atoms with Crippen molar-refractivity contribution in [1.29, 1.82) is 5.26 Å². The van der Waals surface area contributed by atoms with Crippen LogP contribution in [-0.2, 0) is 4.74 Å². The predicted molar refractivity (Wildman–Crippen MR) is 102 cm³/mol. The molecule has 4 atom stereocenters. The van der Waals surface area contributed by atoms with Crippen molar-refractivity contribution in [3.8, 4) is 6.07 Å². The summed E-state index contributed by atoms with van der Waals surface area (Å²) in [5.41, 5.74) is 2.82. The molecule has 0 aromatic heterocycles. The lowest BCUT2D eigenvalue weighted by molar-refractivity contribution is -0.218. The number of rotatable bonds is 6. The van der Waals surface area contributed by atoms with Crippen LogP contribution in [0.5, 0.6) is 0 Å². The number of nitrogens with zero attached hydrogens (tertiary/aromatic N) is 2. The van der Waals surface area contributed by atoms with Crippen molar-refractivity contribution in [3.63, 3.8) is 0 Å². The van der Waals surface area contributed by atoms with E-state index >= 15 is 0 Å². The lowest BCUT2D eigenvalue weighted by Crippen LogP contribution is -2.52. The van der Waals surface area contributed by atoms with Crippen LogP contribution in [-0.4, -0.2) is 60.6 Å². The summed E-state index contributed by atoms with van der Waals surface area (Å²) in [6.07, 6.45) is -2.62. The molecule has 8 heteroatoms. The Hall–Kier alpha value is -1.60. The molecule has 0 bridgehead atoms. The second-order valence-electron chi connectivity index (χ2n) is 6.38. The first kappa shape index (κ1) is 20.7. The number of allylic oxidation sites excluding steroid dienone is 2. The number of aliphatic hydroxyl groups excluding tert-OH is 3. The lowest BCUT2D eigenvalue weighted by Gasteiger charge is -2.36. The first-order valence-electron chi connectivity index (χ1n) is 8.31. The standard InChI is InChI=1S/C18H25N3O4S/c1-11(12-4-6-13(7-5-12)21(2)3)17(9-19)26-20-14-8-15(23)16(10-22)25-18(14)24/h4-7,14-16,18,20,22-24H,8,10H2,1-3H3/b17-11+/t14?,15?,16-,18?/m1/s1. The van der Waals surface area contributed by atoms with Crippen LogP contribution in [0, 0.1) is 11.3 Å². The predicted octanol–water partition coefficient (Wildman–Crippen LogP) is 1.07. The summed E-state index contributed by atoms with van der Waals surface area (Å²) in [6, 6.07) is 9.49. The van der Waals surface area contributed by atoms with E-state index in [0.717, 1.165) is 28.8 Å². The monoisotopic (exact) mass is 379 g/mol. The van der Waals surface area contributed by atoms with E-state index in [1.165, 1.54) is 0 Å². The zero-order chi connectivity index (χ0) is 19.3. The maximum Gasteiger partial charge on any atom is 0.171 e. The summed E-state index contributed by atoms with van der Waals surface area (Å²) in [5.74, 6) is 0. The second kappa shape index (κ2) is 9.37. The highest BCUT2D eigenvalue weighted by atomic mass is 32.2. The van der Waals surface area contributed by atoms with Crippen molar-refractivity contribution in [3.05, 3.63) is 34.7 Å². The molecule has 4 N–H and O–H groups in total. The highest BCUT2D eigenvalue weighted by Crippen LogP contribution is 2.28. The van der Waals surface area contributed by atoms with Gasteiger partial charge in [0.2, 0.25) is 0 Å². The number of hydrogen-bond donors (Lipinski definition) is 4. The molecule has 1 aliphatic rings. The third-order valence-corrected chi connectivity index (χ3v) is 5.36. The van der Waals surface area contributed by atoms with Gasteiger partial charge in [0, 0.05) is 19.8 Å². The van der Waals surface area contributed by atoms with Crippen molar-refractivity contribution >= 4 is 23.2 Å². The molecular weight excluding hydrogens is 354 g/mol. The molecule has 0 amide bonds. The zero-order valence-corrected chi connectivity index (χ0v) is 15.9. The molecule has 0 radical (unpaired) electrons. The Balaban J connectivity index is 2.06. The van der Waals surface area contributed by atoms with E-state index in [-0.39, 0.29) is 13.0 Å². The van der Waals surface area contributed by atoms with Crippen molar-refractivity contribution in [2.45, 2.75) is 37.9 Å². The van der Waals surface area contributed by atoms with Crippen molar-refractivity contribution in [2.24, 2.45) is 0 Å².